The van der Waals surface area contributed by atoms with Gasteiger partial charge in [-0.1, -0.05) is 34.8 Å². The predicted octanol–water partition coefficient (Wildman–Crippen LogP) is 3.81. The maximum atomic E-state index is 11.8. The summed E-state index contributed by atoms with van der Waals surface area (Å²) in [7, 11) is 0. The number of carbonyl (C=O) groups excluding carboxylic acids is 1. The molecule has 1 aromatic heterocycles. The van der Waals surface area contributed by atoms with Crippen molar-refractivity contribution in [2.45, 2.75) is 0 Å². The number of hydrogen-bond acceptors (Lipinski definition) is 2. The Morgan fingerprint density at radius 3 is 2.17 bits per heavy atom. The van der Waals surface area contributed by atoms with E-state index in [1.165, 1.54) is 12.1 Å². The summed E-state index contributed by atoms with van der Waals surface area (Å²) in [6.45, 7) is 0. The molecular weight excluding hydrogens is 296 g/mol. The Hall–Kier alpha value is -1.29. The van der Waals surface area contributed by atoms with E-state index < -0.39 is 5.56 Å². The van der Waals surface area contributed by atoms with Gasteiger partial charge in [0.05, 0.1) is 20.8 Å². The highest BCUT2D eigenvalue weighted by Crippen LogP contribution is 2.34. The second kappa shape index (κ2) is 5.14. The number of carbonyl (C=O) groups is 1. The van der Waals surface area contributed by atoms with Crippen molar-refractivity contribution >= 4 is 41.1 Å². The standard InChI is InChI=1S/C12H6Cl3NO2/c13-9-3-6(4-10(14)11(9)15)8-2-1-7(5-17)16-12(8)18/h1-5H,(H,16,18). The van der Waals surface area contributed by atoms with E-state index in [2.05, 4.69) is 4.98 Å². The van der Waals surface area contributed by atoms with Crippen LogP contribution in [-0.4, -0.2) is 11.3 Å². The average Bonchev–Trinajstić information content (AvgIpc) is 2.35. The molecule has 18 heavy (non-hydrogen) atoms. The van der Waals surface area contributed by atoms with Gasteiger partial charge in [-0.05, 0) is 29.8 Å². The van der Waals surface area contributed by atoms with Gasteiger partial charge in [0.15, 0.2) is 6.29 Å². The molecule has 1 N–H and O–H groups in total. The number of pyridine rings is 1. The molecule has 92 valence electrons. The molecule has 0 aliphatic heterocycles. The fourth-order valence-corrected chi connectivity index (χ4v) is 2.09. The van der Waals surface area contributed by atoms with E-state index in [1.807, 2.05) is 0 Å². The normalized spacial score (nSPS) is 10.4. The number of aldehydes is 1. The summed E-state index contributed by atoms with van der Waals surface area (Å²) in [5.74, 6) is 0. The summed E-state index contributed by atoms with van der Waals surface area (Å²) in [6.07, 6.45) is 0.562. The van der Waals surface area contributed by atoms with Crippen molar-refractivity contribution < 1.29 is 4.79 Å². The number of aromatic nitrogens is 1. The van der Waals surface area contributed by atoms with Gasteiger partial charge in [0.25, 0.3) is 5.56 Å². The first kappa shape index (κ1) is 13.1. The van der Waals surface area contributed by atoms with Crippen molar-refractivity contribution in [2.24, 2.45) is 0 Å². The van der Waals surface area contributed by atoms with Crippen LogP contribution >= 0.6 is 34.8 Å². The second-order valence-electron chi connectivity index (χ2n) is 3.53. The Bertz CT molecular complexity index is 656. The SMILES string of the molecule is O=Cc1ccc(-c2cc(Cl)c(Cl)c(Cl)c2)c(=O)[nH]1. The maximum Gasteiger partial charge on any atom is 0.256 e. The molecule has 0 spiro atoms. The summed E-state index contributed by atoms with van der Waals surface area (Å²) in [6, 6.07) is 6.11. The summed E-state index contributed by atoms with van der Waals surface area (Å²) in [4.78, 5) is 24.7. The third-order valence-electron chi connectivity index (χ3n) is 2.35. The quantitative estimate of drug-likeness (QED) is 0.677. The number of benzene rings is 1. The van der Waals surface area contributed by atoms with Gasteiger partial charge in [0.2, 0.25) is 0 Å². The van der Waals surface area contributed by atoms with Gasteiger partial charge >= 0.3 is 0 Å². The molecule has 0 amide bonds. The molecule has 0 radical (unpaired) electrons. The maximum absolute atomic E-state index is 11.8. The Labute approximate surface area is 117 Å². The minimum atomic E-state index is -0.394. The van der Waals surface area contributed by atoms with Crippen LogP contribution in [0.4, 0.5) is 0 Å². The van der Waals surface area contributed by atoms with Crippen LogP contribution in [0.1, 0.15) is 10.5 Å². The van der Waals surface area contributed by atoms with Crippen molar-refractivity contribution in [3.05, 3.63) is 55.4 Å². The van der Waals surface area contributed by atoms with Gasteiger partial charge in [-0.25, -0.2) is 0 Å². The van der Waals surface area contributed by atoms with Gasteiger partial charge in [0.1, 0.15) is 0 Å². The van der Waals surface area contributed by atoms with Gasteiger partial charge in [-0.3, -0.25) is 9.59 Å². The molecule has 1 heterocycles. The molecule has 1 aromatic carbocycles. The van der Waals surface area contributed by atoms with Crippen molar-refractivity contribution in [1.82, 2.24) is 4.98 Å². The smallest absolute Gasteiger partial charge is 0.256 e. The number of rotatable bonds is 2. The number of H-pyrrole nitrogens is 1. The van der Waals surface area contributed by atoms with E-state index in [9.17, 15) is 9.59 Å². The zero-order valence-electron chi connectivity index (χ0n) is 8.84. The third kappa shape index (κ3) is 2.43. The number of halogens is 3. The van der Waals surface area contributed by atoms with Crippen LogP contribution in [0.15, 0.2) is 29.1 Å². The fourth-order valence-electron chi connectivity index (χ4n) is 1.50. The summed E-state index contributed by atoms with van der Waals surface area (Å²) < 4.78 is 0. The van der Waals surface area contributed by atoms with Crippen molar-refractivity contribution in [2.75, 3.05) is 0 Å². The van der Waals surface area contributed by atoms with E-state index in [1.54, 1.807) is 12.1 Å². The Balaban J connectivity index is 2.62. The molecule has 2 aromatic rings. The minimum Gasteiger partial charge on any atom is -0.319 e. The van der Waals surface area contributed by atoms with E-state index in [4.69, 9.17) is 34.8 Å². The number of nitrogens with one attached hydrogen (secondary N) is 1. The fraction of sp³-hybridized carbons (Fsp3) is 0. The molecule has 0 saturated carbocycles. The molecule has 0 unspecified atom stereocenters. The van der Waals surface area contributed by atoms with Crippen LogP contribution in [0.5, 0.6) is 0 Å². The lowest BCUT2D eigenvalue weighted by atomic mass is 10.1. The molecule has 0 atom stereocenters. The van der Waals surface area contributed by atoms with Gasteiger partial charge in [-0.2, -0.15) is 0 Å². The highest BCUT2D eigenvalue weighted by Gasteiger charge is 2.10. The molecule has 3 nitrogen and oxygen atoms in total. The Morgan fingerprint density at radius 2 is 1.67 bits per heavy atom. The Morgan fingerprint density at radius 1 is 1.06 bits per heavy atom. The van der Waals surface area contributed by atoms with Crippen LogP contribution < -0.4 is 5.56 Å². The van der Waals surface area contributed by atoms with Crippen molar-refractivity contribution in [3.8, 4) is 11.1 Å². The van der Waals surface area contributed by atoms with Crippen LogP contribution in [0.2, 0.25) is 15.1 Å². The van der Waals surface area contributed by atoms with Crippen molar-refractivity contribution in [3.63, 3.8) is 0 Å². The monoisotopic (exact) mass is 301 g/mol. The summed E-state index contributed by atoms with van der Waals surface area (Å²) in [5, 5.41) is 0.763. The van der Waals surface area contributed by atoms with Crippen LogP contribution in [-0.2, 0) is 0 Å². The van der Waals surface area contributed by atoms with Gasteiger partial charge in [-0.15, -0.1) is 0 Å². The van der Waals surface area contributed by atoms with E-state index in [-0.39, 0.29) is 20.8 Å². The molecular formula is C12H6Cl3NO2. The first-order valence-electron chi connectivity index (χ1n) is 4.86. The minimum absolute atomic E-state index is 0.204. The topological polar surface area (TPSA) is 49.9 Å². The zero-order valence-corrected chi connectivity index (χ0v) is 11.1. The Kier molecular flexibility index (Phi) is 3.76. The van der Waals surface area contributed by atoms with Gasteiger partial charge in [0, 0.05) is 5.56 Å². The lowest BCUT2D eigenvalue weighted by molar-refractivity contribution is 0.111. The summed E-state index contributed by atoms with van der Waals surface area (Å²) in [5.41, 5.74) is 0.707. The van der Waals surface area contributed by atoms with E-state index in [0.717, 1.165) is 0 Å². The third-order valence-corrected chi connectivity index (χ3v) is 3.55. The molecule has 0 saturated heterocycles. The summed E-state index contributed by atoms with van der Waals surface area (Å²) >= 11 is 17.6. The predicted molar refractivity (Wildman–Crippen MR) is 72.9 cm³/mol. The van der Waals surface area contributed by atoms with E-state index in [0.29, 0.717) is 17.4 Å². The molecule has 2 rings (SSSR count). The molecule has 0 aliphatic rings. The van der Waals surface area contributed by atoms with Crippen LogP contribution in [0.3, 0.4) is 0 Å². The van der Waals surface area contributed by atoms with Crippen LogP contribution in [0, 0.1) is 0 Å². The lowest BCUT2D eigenvalue weighted by Crippen LogP contribution is -2.10. The first-order valence-corrected chi connectivity index (χ1v) is 5.99. The second-order valence-corrected chi connectivity index (χ2v) is 4.72. The van der Waals surface area contributed by atoms with Gasteiger partial charge < -0.3 is 4.98 Å². The zero-order chi connectivity index (χ0) is 13.3. The van der Waals surface area contributed by atoms with Crippen molar-refractivity contribution in [1.29, 1.82) is 0 Å². The molecule has 0 bridgehead atoms. The highest BCUT2D eigenvalue weighted by molar-refractivity contribution is 6.48. The molecule has 0 aliphatic carbocycles. The van der Waals surface area contributed by atoms with Crippen LogP contribution in [0.25, 0.3) is 11.1 Å². The molecule has 6 heteroatoms. The van der Waals surface area contributed by atoms with E-state index >= 15 is 0 Å². The molecule has 0 fully saturated rings. The highest BCUT2D eigenvalue weighted by atomic mass is 35.5. The largest absolute Gasteiger partial charge is 0.319 e. The number of hydrogen-bond donors (Lipinski definition) is 1. The lowest BCUT2D eigenvalue weighted by Gasteiger charge is -2.05. The first-order chi connectivity index (χ1) is 8.52. The average molecular weight is 303 g/mol. The number of aromatic amines is 1.